The summed E-state index contributed by atoms with van der Waals surface area (Å²) in [5.41, 5.74) is 6.25. The maximum Gasteiger partial charge on any atom is 0.256 e. The van der Waals surface area contributed by atoms with Crippen molar-refractivity contribution in [2.45, 2.75) is 20.3 Å². The number of nitrogens with zero attached hydrogens (tertiary/aromatic N) is 2. The van der Waals surface area contributed by atoms with E-state index in [1.807, 2.05) is 7.05 Å². The van der Waals surface area contributed by atoms with E-state index < -0.39 is 0 Å². The molecule has 0 saturated carbocycles. The maximum absolute atomic E-state index is 5.65. The summed E-state index contributed by atoms with van der Waals surface area (Å²) in [6.07, 6.45) is 2.76. The number of rotatable bonds is 4. The Morgan fingerprint density at radius 2 is 2.31 bits per heavy atom. The number of anilines is 1. The van der Waals surface area contributed by atoms with Crippen LogP contribution in [0.2, 0.25) is 0 Å². The van der Waals surface area contributed by atoms with E-state index >= 15 is 0 Å². The highest BCUT2D eigenvalue weighted by molar-refractivity contribution is 5.45. The fourth-order valence-electron chi connectivity index (χ4n) is 0.990. The largest absolute Gasteiger partial charge is 0.475 e. The van der Waals surface area contributed by atoms with Crippen LogP contribution in [-0.2, 0) is 7.05 Å². The summed E-state index contributed by atoms with van der Waals surface area (Å²) in [5, 5.41) is 4.08. The molecule has 1 aromatic heterocycles. The summed E-state index contributed by atoms with van der Waals surface area (Å²) in [5.74, 6) is 1.19. The van der Waals surface area contributed by atoms with Gasteiger partial charge in [0.25, 0.3) is 5.88 Å². The van der Waals surface area contributed by atoms with Gasteiger partial charge in [-0.1, -0.05) is 13.8 Å². The number of nitrogen functional groups attached to an aromatic ring is 1. The van der Waals surface area contributed by atoms with Crippen molar-refractivity contribution in [3.8, 4) is 5.88 Å². The van der Waals surface area contributed by atoms with Crippen molar-refractivity contribution in [1.82, 2.24) is 9.78 Å². The highest BCUT2D eigenvalue weighted by Gasteiger charge is 2.04. The van der Waals surface area contributed by atoms with Crippen LogP contribution in [0.3, 0.4) is 0 Å². The molecule has 4 heteroatoms. The van der Waals surface area contributed by atoms with E-state index in [0.29, 0.717) is 24.1 Å². The lowest BCUT2D eigenvalue weighted by Crippen LogP contribution is -2.03. The molecular formula is C9H17N3O. The van der Waals surface area contributed by atoms with Crippen LogP contribution in [0.25, 0.3) is 0 Å². The molecular weight excluding hydrogens is 166 g/mol. The van der Waals surface area contributed by atoms with Gasteiger partial charge in [0.05, 0.1) is 12.8 Å². The van der Waals surface area contributed by atoms with Gasteiger partial charge >= 0.3 is 0 Å². The van der Waals surface area contributed by atoms with Crippen LogP contribution >= 0.6 is 0 Å². The summed E-state index contributed by atoms with van der Waals surface area (Å²) >= 11 is 0. The number of ether oxygens (including phenoxy) is 1. The Kier molecular flexibility index (Phi) is 3.17. The molecule has 0 unspecified atom stereocenters. The summed E-state index contributed by atoms with van der Waals surface area (Å²) in [4.78, 5) is 0. The van der Waals surface area contributed by atoms with Crippen molar-refractivity contribution in [2.24, 2.45) is 13.0 Å². The van der Waals surface area contributed by atoms with Gasteiger partial charge in [0.15, 0.2) is 0 Å². The van der Waals surface area contributed by atoms with Gasteiger partial charge < -0.3 is 10.5 Å². The zero-order valence-electron chi connectivity index (χ0n) is 8.45. The van der Waals surface area contributed by atoms with Crippen molar-refractivity contribution in [3.63, 3.8) is 0 Å². The lowest BCUT2D eigenvalue weighted by molar-refractivity contribution is 0.278. The Balaban J connectivity index is 2.40. The third kappa shape index (κ3) is 2.97. The van der Waals surface area contributed by atoms with Crippen LogP contribution in [0.1, 0.15) is 20.3 Å². The Bertz CT molecular complexity index is 268. The minimum Gasteiger partial charge on any atom is -0.475 e. The first kappa shape index (κ1) is 9.89. The number of nitrogens with two attached hydrogens (primary N) is 1. The van der Waals surface area contributed by atoms with Crippen molar-refractivity contribution >= 4 is 5.69 Å². The highest BCUT2D eigenvalue weighted by Crippen LogP contribution is 2.17. The first-order chi connectivity index (χ1) is 6.09. The molecule has 1 rings (SSSR count). The number of hydrogen-bond acceptors (Lipinski definition) is 3. The predicted octanol–water partition coefficient (Wildman–Crippen LogP) is 1.43. The lowest BCUT2D eigenvalue weighted by atomic mass is 10.1. The van der Waals surface area contributed by atoms with Gasteiger partial charge in [-0.2, -0.15) is 0 Å². The Labute approximate surface area is 78.7 Å². The molecule has 0 aliphatic rings. The second-order valence-corrected chi connectivity index (χ2v) is 3.59. The van der Waals surface area contributed by atoms with E-state index in [-0.39, 0.29) is 0 Å². The van der Waals surface area contributed by atoms with Crippen LogP contribution in [0.5, 0.6) is 5.88 Å². The topological polar surface area (TPSA) is 53.1 Å². The van der Waals surface area contributed by atoms with Crippen LogP contribution in [0.4, 0.5) is 5.69 Å². The number of aromatic nitrogens is 2. The number of hydrogen-bond donors (Lipinski definition) is 1. The smallest absolute Gasteiger partial charge is 0.256 e. The van der Waals surface area contributed by atoms with Crippen molar-refractivity contribution < 1.29 is 4.74 Å². The van der Waals surface area contributed by atoms with Gasteiger partial charge in [-0.05, 0) is 12.3 Å². The molecule has 4 nitrogen and oxygen atoms in total. The van der Waals surface area contributed by atoms with Crippen molar-refractivity contribution in [3.05, 3.63) is 6.20 Å². The van der Waals surface area contributed by atoms with Crippen LogP contribution < -0.4 is 10.5 Å². The maximum atomic E-state index is 5.65. The van der Waals surface area contributed by atoms with E-state index in [4.69, 9.17) is 10.5 Å². The summed E-state index contributed by atoms with van der Waals surface area (Å²) < 4.78 is 7.06. The molecule has 0 aliphatic heterocycles. The van der Waals surface area contributed by atoms with Gasteiger partial charge in [0.2, 0.25) is 0 Å². The second-order valence-electron chi connectivity index (χ2n) is 3.59. The van der Waals surface area contributed by atoms with Crippen LogP contribution in [0.15, 0.2) is 6.20 Å². The molecule has 0 aromatic carbocycles. The first-order valence-electron chi connectivity index (χ1n) is 4.51. The molecule has 1 heterocycles. The minimum absolute atomic E-state index is 0.545. The summed E-state index contributed by atoms with van der Waals surface area (Å²) in [6.45, 7) is 5.00. The molecule has 0 aliphatic carbocycles. The van der Waals surface area contributed by atoms with E-state index in [0.717, 1.165) is 6.42 Å². The molecule has 0 saturated heterocycles. The molecule has 0 atom stereocenters. The standard InChI is InChI=1S/C9H17N3O/c1-7(2)4-5-13-9-8(10)6-12(3)11-9/h6-7H,4-5,10H2,1-3H3. The third-order valence-corrected chi connectivity index (χ3v) is 1.76. The van der Waals surface area contributed by atoms with Gasteiger partial charge in [-0.15, -0.1) is 5.10 Å². The van der Waals surface area contributed by atoms with E-state index in [9.17, 15) is 0 Å². The SMILES string of the molecule is CC(C)CCOc1nn(C)cc1N. The minimum atomic E-state index is 0.545. The average Bonchev–Trinajstić information content (AvgIpc) is 2.29. The average molecular weight is 183 g/mol. The lowest BCUT2D eigenvalue weighted by Gasteiger charge is -2.05. The molecule has 74 valence electrons. The van der Waals surface area contributed by atoms with Crippen molar-refractivity contribution in [1.29, 1.82) is 0 Å². The van der Waals surface area contributed by atoms with Gasteiger partial charge in [0, 0.05) is 7.05 Å². The molecule has 1 aromatic rings. The Hall–Kier alpha value is -1.19. The monoisotopic (exact) mass is 183 g/mol. The predicted molar refractivity (Wildman–Crippen MR) is 52.6 cm³/mol. The normalized spacial score (nSPS) is 10.8. The molecule has 2 N–H and O–H groups in total. The molecule has 0 bridgehead atoms. The zero-order chi connectivity index (χ0) is 9.84. The van der Waals surface area contributed by atoms with E-state index in [1.54, 1.807) is 10.9 Å². The van der Waals surface area contributed by atoms with E-state index in [1.165, 1.54) is 0 Å². The molecule has 0 radical (unpaired) electrons. The third-order valence-electron chi connectivity index (χ3n) is 1.76. The summed E-state index contributed by atoms with van der Waals surface area (Å²) in [6, 6.07) is 0. The first-order valence-corrected chi connectivity index (χ1v) is 4.51. The molecule has 0 fully saturated rings. The molecule has 0 amide bonds. The molecule has 0 spiro atoms. The van der Waals surface area contributed by atoms with Gasteiger partial charge in [-0.25, -0.2) is 0 Å². The van der Waals surface area contributed by atoms with Crippen molar-refractivity contribution in [2.75, 3.05) is 12.3 Å². The fourth-order valence-corrected chi connectivity index (χ4v) is 0.990. The van der Waals surface area contributed by atoms with Crippen LogP contribution in [-0.4, -0.2) is 16.4 Å². The zero-order valence-corrected chi connectivity index (χ0v) is 8.45. The Morgan fingerprint density at radius 3 is 2.77 bits per heavy atom. The summed E-state index contributed by atoms with van der Waals surface area (Å²) in [7, 11) is 1.83. The highest BCUT2D eigenvalue weighted by atomic mass is 16.5. The molecule has 13 heavy (non-hydrogen) atoms. The Morgan fingerprint density at radius 1 is 1.62 bits per heavy atom. The number of aryl methyl sites for hydroxylation is 1. The quantitative estimate of drug-likeness (QED) is 0.768. The van der Waals surface area contributed by atoms with Gasteiger partial charge in [-0.3, -0.25) is 4.68 Å². The fraction of sp³-hybridized carbons (Fsp3) is 0.667. The second kappa shape index (κ2) is 4.16. The van der Waals surface area contributed by atoms with Gasteiger partial charge in [0.1, 0.15) is 5.69 Å². The van der Waals surface area contributed by atoms with Crippen LogP contribution in [0, 0.1) is 5.92 Å². The van der Waals surface area contributed by atoms with E-state index in [2.05, 4.69) is 18.9 Å².